The van der Waals surface area contributed by atoms with Crippen molar-refractivity contribution in [2.75, 3.05) is 6.61 Å². The van der Waals surface area contributed by atoms with E-state index in [0.29, 0.717) is 23.0 Å². The highest BCUT2D eigenvalue weighted by molar-refractivity contribution is 6.32. The number of nitrogens with zero attached hydrogens (tertiary/aromatic N) is 4. The Kier molecular flexibility index (Phi) is 5.48. The molecule has 0 saturated heterocycles. The van der Waals surface area contributed by atoms with Gasteiger partial charge in [-0.15, -0.1) is 5.10 Å². The predicted octanol–water partition coefficient (Wildman–Crippen LogP) is 2.96. The fourth-order valence-corrected chi connectivity index (χ4v) is 2.63. The Morgan fingerprint density at radius 2 is 2.12 bits per heavy atom. The van der Waals surface area contributed by atoms with Crippen LogP contribution in [0.3, 0.4) is 0 Å². The lowest BCUT2D eigenvalue weighted by atomic mass is 10.2. The molecule has 0 bridgehead atoms. The molecule has 0 unspecified atom stereocenters. The summed E-state index contributed by atoms with van der Waals surface area (Å²) in [6, 6.07) is 13.0. The summed E-state index contributed by atoms with van der Waals surface area (Å²) < 4.78 is 7.13. The number of benzene rings is 2. The van der Waals surface area contributed by atoms with Crippen molar-refractivity contribution < 1.29 is 9.53 Å². The standard InChI is InChI=1S/C18H18ClN5O2/c1-12-7-8-17(14(19)9-12)26-11-18(25)22-20-13(2)10-24-16-6-4-3-5-15(16)21-23-24/h3-9H,10-11H2,1-2H3,(H,22,25)/b20-13-. The van der Waals surface area contributed by atoms with E-state index < -0.39 is 0 Å². The van der Waals surface area contributed by atoms with Crippen LogP contribution >= 0.6 is 11.6 Å². The van der Waals surface area contributed by atoms with E-state index in [4.69, 9.17) is 16.3 Å². The summed E-state index contributed by atoms with van der Waals surface area (Å²) in [5, 5.41) is 12.7. The summed E-state index contributed by atoms with van der Waals surface area (Å²) in [6.07, 6.45) is 0. The lowest BCUT2D eigenvalue weighted by molar-refractivity contribution is -0.123. The molecule has 0 radical (unpaired) electrons. The number of amides is 1. The molecule has 0 spiro atoms. The zero-order valence-electron chi connectivity index (χ0n) is 14.4. The SMILES string of the molecule is C/C(Cn1nnc2ccccc21)=N/NC(=O)COc1ccc(C)cc1Cl. The molecule has 0 aliphatic heterocycles. The van der Waals surface area contributed by atoms with Crippen LogP contribution in [0.5, 0.6) is 5.75 Å². The minimum Gasteiger partial charge on any atom is -0.482 e. The summed E-state index contributed by atoms with van der Waals surface area (Å²) >= 11 is 6.07. The molecule has 7 nitrogen and oxygen atoms in total. The first kappa shape index (κ1) is 17.9. The average molecular weight is 372 g/mol. The monoisotopic (exact) mass is 371 g/mol. The Morgan fingerprint density at radius 3 is 2.92 bits per heavy atom. The zero-order valence-corrected chi connectivity index (χ0v) is 15.2. The van der Waals surface area contributed by atoms with Crippen LogP contribution in [0, 0.1) is 6.92 Å². The van der Waals surface area contributed by atoms with E-state index in [-0.39, 0.29) is 12.5 Å². The van der Waals surface area contributed by atoms with Gasteiger partial charge in [0, 0.05) is 0 Å². The summed E-state index contributed by atoms with van der Waals surface area (Å²) in [6.45, 7) is 3.98. The molecule has 134 valence electrons. The van der Waals surface area contributed by atoms with Crippen LogP contribution < -0.4 is 10.2 Å². The van der Waals surface area contributed by atoms with Crippen LogP contribution in [0.2, 0.25) is 5.02 Å². The number of carbonyl (C=O) groups is 1. The minimum absolute atomic E-state index is 0.175. The number of ether oxygens (including phenoxy) is 1. The maximum Gasteiger partial charge on any atom is 0.277 e. The fraction of sp³-hybridized carbons (Fsp3) is 0.222. The van der Waals surface area contributed by atoms with Gasteiger partial charge in [-0.3, -0.25) is 4.79 Å². The molecule has 2 aromatic carbocycles. The Labute approximate surface area is 155 Å². The first-order valence-corrected chi connectivity index (χ1v) is 8.40. The van der Waals surface area contributed by atoms with Crippen molar-refractivity contribution >= 4 is 34.3 Å². The third kappa shape index (κ3) is 4.37. The number of fused-ring (bicyclic) bond motifs is 1. The quantitative estimate of drug-likeness (QED) is 0.533. The van der Waals surface area contributed by atoms with Gasteiger partial charge >= 0.3 is 0 Å². The second-order valence-corrected chi connectivity index (χ2v) is 6.25. The molecule has 1 N–H and O–H groups in total. The molecule has 0 fully saturated rings. The molecule has 0 aliphatic carbocycles. The van der Waals surface area contributed by atoms with E-state index in [0.717, 1.165) is 16.6 Å². The van der Waals surface area contributed by atoms with Crippen molar-refractivity contribution in [3.8, 4) is 5.75 Å². The molecule has 0 atom stereocenters. The number of hydrazone groups is 1. The normalized spacial score (nSPS) is 11.6. The molecule has 26 heavy (non-hydrogen) atoms. The van der Waals surface area contributed by atoms with E-state index in [1.165, 1.54) is 0 Å². The first-order valence-electron chi connectivity index (χ1n) is 8.02. The van der Waals surface area contributed by atoms with Crippen molar-refractivity contribution in [1.82, 2.24) is 20.4 Å². The van der Waals surface area contributed by atoms with Gasteiger partial charge < -0.3 is 4.74 Å². The van der Waals surface area contributed by atoms with Gasteiger partial charge in [0.25, 0.3) is 5.91 Å². The smallest absolute Gasteiger partial charge is 0.277 e. The van der Waals surface area contributed by atoms with Crippen molar-refractivity contribution in [3.05, 3.63) is 53.1 Å². The third-order valence-corrected chi connectivity index (χ3v) is 3.91. The Morgan fingerprint density at radius 1 is 1.31 bits per heavy atom. The molecule has 3 aromatic rings. The maximum absolute atomic E-state index is 11.9. The van der Waals surface area contributed by atoms with Crippen molar-refractivity contribution in [2.45, 2.75) is 20.4 Å². The van der Waals surface area contributed by atoms with E-state index in [2.05, 4.69) is 20.8 Å². The molecule has 3 rings (SSSR count). The lowest BCUT2D eigenvalue weighted by Gasteiger charge is -2.08. The van der Waals surface area contributed by atoms with E-state index in [1.807, 2.05) is 37.3 Å². The van der Waals surface area contributed by atoms with Gasteiger partial charge in [-0.05, 0) is 43.7 Å². The Hall–Kier alpha value is -2.93. The van der Waals surface area contributed by atoms with Crippen molar-refractivity contribution in [1.29, 1.82) is 0 Å². The number of aromatic nitrogens is 3. The molecular formula is C18H18ClN5O2. The van der Waals surface area contributed by atoms with Crippen LogP contribution in [0.1, 0.15) is 12.5 Å². The summed E-state index contributed by atoms with van der Waals surface area (Å²) in [5.74, 6) is 0.0895. The summed E-state index contributed by atoms with van der Waals surface area (Å²) in [5.41, 5.74) is 5.89. The Balaban J connectivity index is 1.54. The van der Waals surface area contributed by atoms with Gasteiger partial charge in [-0.1, -0.05) is 35.0 Å². The lowest BCUT2D eigenvalue weighted by Crippen LogP contribution is -2.26. The largest absolute Gasteiger partial charge is 0.482 e. The van der Waals surface area contributed by atoms with Crippen LogP contribution in [-0.2, 0) is 11.3 Å². The summed E-state index contributed by atoms with van der Waals surface area (Å²) in [4.78, 5) is 11.9. The summed E-state index contributed by atoms with van der Waals surface area (Å²) in [7, 11) is 0. The average Bonchev–Trinajstić information content (AvgIpc) is 3.02. The topological polar surface area (TPSA) is 81.4 Å². The molecular weight excluding hydrogens is 354 g/mol. The minimum atomic E-state index is -0.371. The number of hydrogen-bond donors (Lipinski definition) is 1. The second kappa shape index (κ2) is 7.97. The fourth-order valence-electron chi connectivity index (χ4n) is 2.34. The van der Waals surface area contributed by atoms with Gasteiger partial charge in [0.1, 0.15) is 11.3 Å². The molecule has 0 aliphatic rings. The van der Waals surface area contributed by atoms with E-state index in [9.17, 15) is 4.79 Å². The Bertz CT molecular complexity index is 967. The number of rotatable bonds is 6. The van der Waals surface area contributed by atoms with Gasteiger partial charge in [0.15, 0.2) is 6.61 Å². The number of carbonyl (C=O) groups excluding carboxylic acids is 1. The van der Waals surface area contributed by atoms with E-state index in [1.54, 1.807) is 23.7 Å². The van der Waals surface area contributed by atoms with Crippen LogP contribution in [0.4, 0.5) is 0 Å². The predicted molar refractivity (Wildman–Crippen MR) is 100 cm³/mol. The molecule has 1 aromatic heterocycles. The molecule has 0 saturated carbocycles. The van der Waals surface area contributed by atoms with Gasteiger partial charge in [0.05, 0.1) is 22.8 Å². The highest BCUT2D eigenvalue weighted by Crippen LogP contribution is 2.24. The molecule has 8 heteroatoms. The van der Waals surface area contributed by atoms with E-state index >= 15 is 0 Å². The van der Waals surface area contributed by atoms with Crippen LogP contribution in [-0.4, -0.2) is 33.2 Å². The van der Waals surface area contributed by atoms with Crippen LogP contribution in [0.25, 0.3) is 11.0 Å². The highest BCUT2D eigenvalue weighted by atomic mass is 35.5. The highest BCUT2D eigenvalue weighted by Gasteiger charge is 2.07. The van der Waals surface area contributed by atoms with Crippen molar-refractivity contribution in [3.63, 3.8) is 0 Å². The third-order valence-electron chi connectivity index (χ3n) is 3.62. The maximum atomic E-state index is 11.9. The first-order chi connectivity index (χ1) is 12.5. The van der Waals surface area contributed by atoms with Gasteiger partial charge in [-0.25, -0.2) is 10.1 Å². The van der Waals surface area contributed by atoms with Crippen LogP contribution in [0.15, 0.2) is 47.6 Å². The number of aryl methyl sites for hydroxylation is 1. The molecule has 1 amide bonds. The van der Waals surface area contributed by atoms with Crippen molar-refractivity contribution in [2.24, 2.45) is 5.10 Å². The zero-order chi connectivity index (χ0) is 18.5. The molecule has 1 heterocycles. The van der Waals surface area contributed by atoms with Gasteiger partial charge in [-0.2, -0.15) is 5.10 Å². The second-order valence-electron chi connectivity index (χ2n) is 5.84. The number of nitrogens with one attached hydrogen (secondary N) is 1. The number of hydrogen-bond acceptors (Lipinski definition) is 5. The number of para-hydroxylation sites is 1. The number of halogens is 1. The van der Waals surface area contributed by atoms with Gasteiger partial charge in [0.2, 0.25) is 0 Å².